The van der Waals surface area contributed by atoms with Crippen LogP contribution in [-0.2, 0) is 16.9 Å². The van der Waals surface area contributed by atoms with Crippen LogP contribution in [0.25, 0.3) is 0 Å². The van der Waals surface area contributed by atoms with Crippen LogP contribution in [-0.4, -0.2) is 37.3 Å². The van der Waals surface area contributed by atoms with Crippen LogP contribution in [0.4, 0.5) is 0 Å². The van der Waals surface area contributed by atoms with Crippen molar-refractivity contribution in [2.75, 3.05) is 25.3 Å². The number of fused-ring (bicyclic) bond motifs is 1. The smallest absolute Gasteiger partial charge is 0.261 e. The van der Waals surface area contributed by atoms with Crippen molar-refractivity contribution in [2.45, 2.75) is 18.2 Å². The van der Waals surface area contributed by atoms with Crippen LogP contribution in [0.15, 0.2) is 6.07 Å². The molecule has 0 spiro atoms. The van der Waals surface area contributed by atoms with E-state index in [4.69, 9.17) is 16.3 Å². The van der Waals surface area contributed by atoms with Gasteiger partial charge in [-0.15, -0.1) is 22.9 Å². The molecule has 1 N–H and O–H groups in total. The van der Waals surface area contributed by atoms with Crippen molar-refractivity contribution in [1.82, 2.24) is 5.32 Å². The van der Waals surface area contributed by atoms with Gasteiger partial charge in [-0.05, 0) is 23.8 Å². The fourth-order valence-corrected chi connectivity index (χ4v) is 4.28. The van der Waals surface area contributed by atoms with Gasteiger partial charge in [0.05, 0.1) is 17.5 Å². The largest absolute Gasteiger partial charge is 0.383 e. The van der Waals surface area contributed by atoms with Gasteiger partial charge in [-0.25, -0.2) is 0 Å². The summed E-state index contributed by atoms with van der Waals surface area (Å²) in [7, 11) is 1.60. The first kappa shape index (κ1) is 14.2. The van der Waals surface area contributed by atoms with Crippen molar-refractivity contribution in [1.29, 1.82) is 0 Å². The molecule has 0 aliphatic carbocycles. The van der Waals surface area contributed by atoms with Gasteiger partial charge in [0.25, 0.3) is 5.91 Å². The molecule has 1 aliphatic rings. The van der Waals surface area contributed by atoms with Gasteiger partial charge in [0.15, 0.2) is 0 Å². The quantitative estimate of drug-likeness (QED) is 0.850. The average Bonchev–Trinajstić information content (AvgIpc) is 2.82. The minimum Gasteiger partial charge on any atom is -0.383 e. The molecule has 1 aromatic rings. The third-order valence-electron chi connectivity index (χ3n) is 2.74. The summed E-state index contributed by atoms with van der Waals surface area (Å²) in [5, 5.41) is 2.90. The van der Waals surface area contributed by atoms with Gasteiger partial charge in [-0.2, -0.15) is 11.8 Å². The monoisotopic (exact) mass is 305 g/mol. The number of amides is 1. The Balaban J connectivity index is 2.02. The second kappa shape index (κ2) is 6.80. The number of ether oxygens (including phenoxy) is 1. The Kier molecular flexibility index (Phi) is 5.36. The molecule has 6 heteroatoms. The number of rotatable bonds is 5. The lowest BCUT2D eigenvalue weighted by Gasteiger charge is -2.13. The van der Waals surface area contributed by atoms with E-state index >= 15 is 0 Å². The highest BCUT2D eigenvalue weighted by atomic mass is 35.5. The molecule has 0 saturated heterocycles. The molecule has 0 saturated carbocycles. The number of aryl methyl sites for hydroxylation is 1. The van der Waals surface area contributed by atoms with E-state index in [1.807, 2.05) is 17.8 Å². The summed E-state index contributed by atoms with van der Waals surface area (Å²) in [5.41, 5.74) is 1.32. The maximum atomic E-state index is 12.1. The van der Waals surface area contributed by atoms with Gasteiger partial charge in [-0.3, -0.25) is 4.79 Å². The Hall–Kier alpha value is -0.230. The fraction of sp³-hybridized carbons (Fsp3) is 0.583. The van der Waals surface area contributed by atoms with Crippen LogP contribution >= 0.6 is 34.7 Å². The van der Waals surface area contributed by atoms with Crippen molar-refractivity contribution in [3.05, 3.63) is 21.4 Å². The van der Waals surface area contributed by atoms with Crippen LogP contribution < -0.4 is 5.32 Å². The highest BCUT2D eigenvalue weighted by Crippen LogP contribution is 2.31. The van der Waals surface area contributed by atoms with Crippen molar-refractivity contribution < 1.29 is 9.53 Å². The van der Waals surface area contributed by atoms with E-state index in [0.717, 1.165) is 22.8 Å². The van der Waals surface area contributed by atoms with Gasteiger partial charge < -0.3 is 10.1 Å². The van der Waals surface area contributed by atoms with Gasteiger partial charge in [-0.1, -0.05) is 0 Å². The normalized spacial score (nSPS) is 16.1. The summed E-state index contributed by atoms with van der Waals surface area (Å²) in [6.07, 6.45) is 1.08. The number of carbonyl (C=O) groups excluding carboxylic acids is 1. The van der Waals surface area contributed by atoms with E-state index < -0.39 is 0 Å². The van der Waals surface area contributed by atoms with Gasteiger partial charge in [0.2, 0.25) is 0 Å². The highest BCUT2D eigenvalue weighted by Gasteiger charge is 2.19. The number of methoxy groups -OCH3 is 1. The molecule has 1 aliphatic heterocycles. The van der Waals surface area contributed by atoms with Crippen LogP contribution in [0.2, 0.25) is 0 Å². The van der Waals surface area contributed by atoms with Gasteiger partial charge in [0.1, 0.15) is 0 Å². The van der Waals surface area contributed by atoms with E-state index in [1.54, 1.807) is 18.4 Å². The van der Waals surface area contributed by atoms with E-state index in [1.165, 1.54) is 10.4 Å². The molecule has 1 amide bonds. The lowest BCUT2D eigenvalue weighted by atomic mass is 10.2. The lowest BCUT2D eigenvalue weighted by Crippen LogP contribution is -2.39. The zero-order valence-corrected chi connectivity index (χ0v) is 12.6. The summed E-state index contributed by atoms with van der Waals surface area (Å²) in [6.45, 7) is 0.441. The Labute approximate surface area is 120 Å². The third kappa shape index (κ3) is 3.41. The van der Waals surface area contributed by atoms with Crippen LogP contribution in [0.5, 0.6) is 0 Å². The van der Waals surface area contributed by atoms with Crippen LogP contribution in [0, 0.1) is 0 Å². The minimum absolute atomic E-state index is 0.0397. The fourth-order valence-electron chi connectivity index (χ4n) is 1.84. The molecule has 100 valence electrons. The SMILES string of the molecule is COCC(CCl)NC(=O)c1cc2c(s1)CCSC2. The summed E-state index contributed by atoms with van der Waals surface area (Å²) >= 11 is 9.31. The Morgan fingerprint density at radius 2 is 2.50 bits per heavy atom. The van der Waals surface area contributed by atoms with Crippen LogP contribution in [0.1, 0.15) is 20.1 Å². The number of hydrogen-bond donors (Lipinski definition) is 1. The standard InChI is InChI=1S/C12H16ClNO2S2/c1-16-6-9(5-13)14-12(15)11-4-8-7-17-3-2-10(8)18-11/h4,9H,2-3,5-7H2,1H3,(H,14,15). The molecular formula is C12H16ClNO2S2. The summed E-state index contributed by atoms with van der Waals surface area (Å²) in [6, 6.07) is 1.89. The number of carbonyl (C=O) groups is 1. The van der Waals surface area contributed by atoms with E-state index in [9.17, 15) is 4.79 Å². The number of thioether (sulfide) groups is 1. The van der Waals surface area contributed by atoms with Crippen molar-refractivity contribution in [2.24, 2.45) is 0 Å². The molecule has 2 rings (SSSR count). The van der Waals surface area contributed by atoms with Gasteiger partial charge >= 0.3 is 0 Å². The molecule has 0 aromatic carbocycles. The molecule has 0 bridgehead atoms. The number of thiophene rings is 1. The molecule has 2 heterocycles. The minimum atomic E-state index is -0.127. The van der Waals surface area contributed by atoms with Crippen molar-refractivity contribution >= 4 is 40.6 Å². The van der Waals surface area contributed by atoms with Crippen LogP contribution in [0.3, 0.4) is 0 Å². The summed E-state index contributed by atoms with van der Waals surface area (Å²) < 4.78 is 5.01. The lowest BCUT2D eigenvalue weighted by molar-refractivity contribution is 0.0911. The van der Waals surface area contributed by atoms with E-state index in [-0.39, 0.29) is 11.9 Å². The Bertz CT molecular complexity index is 399. The number of halogens is 1. The average molecular weight is 306 g/mol. The maximum Gasteiger partial charge on any atom is 0.261 e. The number of nitrogens with one attached hydrogen (secondary N) is 1. The zero-order chi connectivity index (χ0) is 13.0. The topological polar surface area (TPSA) is 38.3 Å². The van der Waals surface area contributed by atoms with Gasteiger partial charge in [0, 0.05) is 23.6 Å². The Morgan fingerprint density at radius 1 is 1.67 bits per heavy atom. The number of alkyl halides is 1. The molecule has 0 radical (unpaired) electrons. The Morgan fingerprint density at radius 3 is 3.17 bits per heavy atom. The van der Waals surface area contributed by atoms with E-state index in [2.05, 4.69) is 5.32 Å². The van der Waals surface area contributed by atoms with Crippen molar-refractivity contribution in [3.8, 4) is 0 Å². The molecule has 0 fully saturated rings. The second-order valence-electron chi connectivity index (χ2n) is 4.14. The molecular weight excluding hydrogens is 290 g/mol. The highest BCUT2D eigenvalue weighted by molar-refractivity contribution is 7.98. The second-order valence-corrected chi connectivity index (χ2v) is 6.69. The molecule has 3 nitrogen and oxygen atoms in total. The zero-order valence-electron chi connectivity index (χ0n) is 10.2. The van der Waals surface area contributed by atoms with E-state index in [0.29, 0.717) is 12.5 Å². The molecule has 1 atom stereocenters. The maximum absolute atomic E-state index is 12.1. The number of hydrogen-bond acceptors (Lipinski definition) is 4. The third-order valence-corrected chi connectivity index (χ3v) is 5.36. The first-order chi connectivity index (χ1) is 8.74. The molecule has 1 aromatic heterocycles. The first-order valence-corrected chi connectivity index (χ1v) is 8.30. The predicted molar refractivity (Wildman–Crippen MR) is 78.0 cm³/mol. The first-order valence-electron chi connectivity index (χ1n) is 5.79. The predicted octanol–water partition coefficient (Wildman–Crippen LogP) is 2.52. The molecule has 1 unspecified atom stereocenters. The molecule has 18 heavy (non-hydrogen) atoms. The summed E-state index contributed by atoms with van der Waals surface area (Å²) in [5.74, 6) is 2.50. The summed E-state index contributed by atoms with van der Waals surface area (Å²) in [4.78, 5) is 14.2. The van der Waals surface area contributed by atoms with Crippen molar-refractivity contribution in [3.63, 3.8) is 0 Å².